The van der Waals surface area contributed by atoms with Gasteiger partial charge in [-0.2, -0.15) is 0 Å². The van der Waals surface area contributed by atoms with Gasteiger partial charge in [-0.05, 0) is 42.8 Å². The summed E-state index contributed by atoms with van der Waals surface area (Å²) in [7, 11) is 0. The van der Waals surface area contributed by atoms with E-state index in [1.807, 2.05) is 31.2 Å². The standard InChI is InChI=1S/C20H14N2O4/c1-12-5-4-7-14(9-12)22-19(24)16(18(23)21-20(22)25)11-15-10-13-6-2-3-8-17(13)26-15/h2-11H,1H3,(H,21,23,25). The van der Waals surface area contributed by atoms with E-state index in [4.69, 9.17) is 4.42 Å². The fourth-order valence-corrected chi connectivity index (χ4v) is 2.87. The molecule has 1 aliphatic heterocycles. The van der Waals surface area contributed by atoms with Crippen molar-refractivity contribution in [2.24, 2.45) is 0 Å². The topological polar surface area (TPSA) is 79.6 Å². The third kappa shape index (κ3) is 2.67. The predicted octanol–water partition coefficient (Wildman–Crippen LogP) is 3.41. The summed E-state index contributed by atoms with van der Waals surface area (Å²) in [6.45, 7) is 1.85. The molecule has 0 radical (unpaired) electrons. The van der Waals surface area contributed by atoms with Gasteiger partial charge in [0.25, 0.3) is 11.8 Å². The highest BCUT2D eigenvalue weighted by Crippen LogP contribution is 2.25. The third-order valence-corrected chi connectivity index (χ3v) is 4.09. The Morgan fingerprint density at radius 2 is 1.81 bits per heavy atom. The average molecular weight is 346 g/mol. The third-order valence-electron chi connectivity index (χ3n) is 4.09. The number of aryl methyl sites for hydroxylation is 1. The van der Waals surface area contributed by atoms with Crippen molar-refractivity contribution in [3.8, 4) is 0 Å². The minimum absolute atomic E-state index is 0.162. The number of carbonyl (C=O) groups excluding carboxylic acids is 3. The summed E-state index contributed by atoms with van der Waals surface area (Å²) in [5, 5.41) is 3.06. The summed E-state index contributed by atoms with van der Waals surface area (Å²) in [6.07, 6.45) is 1.35. The zero-order valence-corrected chi connectivity index (χ0v) is 13.9. The van der Waals surface area contributed by atoms with Crippen LogP contribution in [0.4, 0.5) is 10.5 Å². The molecule has 6 heteroatoms. The molecule has 3 aromatic rings. The maximum absolute atomic E-state index is 12.8. The molecule has 1 fully saturated rings. The predicted molar refractivity (Wildman–Crippen MR) is 96.4 cm³/mol. The van der Waals surface area contributed by atoms with Crippen molar-refractivity contribution in [2.45, 2.75) is 6.92 Å². The van der Waals surface area contributed by atoms with Crippen molar-refractivity contribution in [1.82, 2.24) is 5.32 Å². The highest BCUT2D eigenvalue weighted by molar-refractivity contribution is 6.39. The fraction of sp³-hybridized carbons (Fsp3) is 0.0500. The molecule has 2 heterocycles. The normalized spacial score (nSPS) is 16.4. The van der Waals surface area contributed by atoms with Crippen LogP contribution < -0.4 is 10.2 Å². The van der Waals surface area contributed by atoms with Crippen LogP contribution in [0.25, 0.3) is 17.0 Å². The Labute approximate surface area is 148 Å². The Balaban J connectivity index is 1.76. The first-order valence-electron chi connectivity index (χ1n) is 7.99. The molecule has 0 atom stereocenters. The van der Waals surface area contributed by atoms with Crippen LogP contribution in [0.15, 0.2) is 64.6 Å². The second-order valence-corrected chi connectivity index (χ2v) is 5.98. The molecular weight excluding hydrogens is 332 g/mol. The summed E-state index contributed by atoms with van der Waals surface area (Å²) in [5.74, 6) is -1.07. The summed E-state index contributed by atoms with van der Waals surface area (Å²) < 4.78 is 5.64. The van der Waals surface area contributed by atoms with E-state index in [1.54, 1.807) is 30.3 Å². The Bertz CT molecular complexity index is 1060. The summed E-state index contributed by atoms with van der Waals surface area (Å²) in [6, 6.07) is 15.3. The first-order valence-corrected chi connectivity index (χ1v) is 7.99. The number of hydrogen-bond donors (Lipinski definition) is 1. The lowest BCUT2D eigenvalue weighted by Crippen LogP contribution is -2.54. The number of nitrogens with one attached hydrogen (secondary N) is 1. The van der Waals surface area contributed by atoms with E-state index in [0.29, 0.717) is 17.0 Å². The van der Waals surface area contributed by atoms with E-state index in [2.05, 4.69) is 5.32 Å². The number of rotatable bonds is 2. The number of fused-ring (bicyclic) bond motifs is 1. The van der Waals surface area contributed by atoms with E-state index in [9.17, 15) is 14.4 Å². The number of para-hydroxylation sites is 1. The van der Waals surface area contributed by atoms with Gasteiger partial charge in [0, 0.05) is 5.39 Å². The van der Waals surface area contributed by atoms with Crippen molar-refractivity contribution < 1.29 is 18.8 Å². The van der Waals surface area contributed by atoms with E-state index >= 15 is 0 Å². The van der Waals surface area contributed by atoms with E-state index < -0.39 is 17.8 Å². The first kappa shape index (κ1) is 15.8. The van der Waals surface area contributed by atoms with Gasteiger partial charge in [-0.3, -0.25) is 14.9 Å². The number of hydrogen-bond acceptors (Lipinski definition) is 4. The zero-order chi connectivity index (χ0) is 18.3. The molecule has 0 aliphatic carbocycles. The minimum atomic E-state index is -0.771. The Hall–Kier alpha value is -3.67. The molecule has 128 valence electrons. The van der Waals surface area contributed by atoms with Gasteiger partial charge in [-0.25, -0.2) is 9.69 Å². The molecule has 2 aromatic carbocycles. The molecule has 4 rings (SSSR count). The number of imide groups is 2. The number of amides is 4. The molecule has 1 N–H and O–H groups in total. The first-order chi connectivity index (χ1) is 12.5. The number of urea groups is 1. The quantitative estimate of drug-likeness (QED) is 0.570. The average Bonchev–Trinajstić information content (AvgIpc) is 3.01. The molecule has 6 nitrogen and oxygen atoms in total. The van der Waals surface area contributed by atoms with Gasteiger partial charge < -0.3 is 4.42 Å². The lowest BCUT2D eigenvalue weighted by Gasteiger charge is -2.26. The highest BCUT2D eigenvalue weighted by Gasteiger charge is 2.37. The lowest BCUT2D eigenvalue weighted by molar-refractivity contribution is -0.122. The smallest absolute Gasteiger partial charge is 0.335 e. The van der Waals surface area contributed by atoms with Gasteiger partial charge in [0.1, 0.15) is 16.9 Å². The van der Waals surface area contributed by atoms with Crippen molar-refractivity contribution in [1.29, 1.82) is 0 Å². The van der Waals surface area contributed by atoms with Crippen LogP contribution in [0.2, 0.25) is 0 Å². The zero-order valence-electron chi connectivity index (χ0n) is 13.9. The van der Waals surface area contributed by atoms with Crippen LogP contribution in [0.5, 0.6) is 0 Å². The van der Waals surface area contributed by atoms with Crippen LogP contribution in [-0.2, 0) is 9.59 Å². The van der Waals surface area contributed by atoms with Crippen LogP contribution in [0.3, 0.4) is 0 Å². The van der Waals surface area contributed by atoms with Crippen LogP contribution in [0, 0.1) is 6.92 Å². The molecule has 1 aromatic heterocycles. The van der Waals surface area contributed by atoms with E-state index in [-0.39, 0.29) is 5.57 Å². The van der Waals surface area contributed by atoms with Crippen molar-refractivity contribution in [3.05, 3.63) is 71.5 Å². The number of furan rings is 1. The fourth-order valence-electron chi connectivity index (χ4n) is 2.87. The summed E-state index contributed by atoms with van der Waals surface area (Å²) in [5.41, 5.74) is 1.78. The van der Waals surface area contributed by atoms with Gasteiger partial charge in [0.05, 0.1) is 5.69 Å². The van der Waals surface area contributed by atoms with Gasteiger partial charge in [0.2, 0.25) is 0 Å². The Morgan fingerprint density at radius 1 is 1.00 bits per heavy atom. The lowest BCUT2D eigenvalue weighted by atomic mass is 10.1. The van der Waals surface area contributed by atoms with Gasteiger partial charge in [-0.1, -0.05) is 30.3 Å². The molecule has 4 amide bonds. The molecule has 0 bridgehead atoms. The van der Waals surface area contributed by atoms with Gasteiger partial charge in [-0.15, -0.1) is 0 Å². The Morgan fingerprint density at radius 3 is 2.58 bits per heavy atom. The number of benzene rings is 2. The molecule has 0 unspecified atom stereocenters. The SMILES string of the molecule is Cc1cccc(N2C(=O)NC(=O)C(=Cc3cc4ccccc4o3)C2=O)c1. The second-order valence-electron chi connectivity index (χ2n) is 5.98. The molecular formula is C20H14N2O4. The van der Waals surface area contributed by atoms with Crippen LogP contribution in [-0.4, -0.2) is 17.8 Å². The largest absolute Gasteiger partial charge is 0.457 e. The number of anilines is 1. The van der Waals surface area contributed by atoms with Crippen molar-refractivity contribution >= 4 is 40.6 Å². The highest BCUT2D eigenvalue weighted by atomic mass is 16.3. The number of nitrogens with zero attached hydrogens (tertiary/aromatic N) is 1. The van der Waals surface area contributed by atoms with Crippen LogP contribution in [0.1, 0.15) is 11.3 Å². The van der Waals surface area contributed by atoms with Crippen LogP contribution >= 0.6 is 0 Å². The minimum Gasteiger partial charge on any atom is -0.457 e. The number of carbonyl (C=O) groups is 3. The summed E-state index contributed by atoms with van der Waals surface area (Å²) >= 11 is 0. The Kier molecular flexibility index (Phi) is 3.65. The van der Waals surface area contributed by atoms with E-state index in [1.165, 1.54) is 6.08 Å². The summed E-state index contributed by atoms with van der Waals surface area (Å²) in [4.78, 5) is 38.1. The molecule has 1 aliphatic rings. The van der Waals surface area contributed by atoms with Gasteiger partial charge >= 0.3 is 6.03 Å². The van der Waals surface area contributed by atoms with Crippen molar-refractivity contribution in [3.63, 3.8) is 0 Å². The van der Waals surface area contributed by atoms with Crippen molar-refractivity contribution in [2.75, 3.05) is 4.90 Å². The molecule has 1 saturated heterocycles. The molecule has 0 saturated carbocycles. The maximum atomic E-state index is 12.8. The van der Waals surface area contributed by atoms with Gasteiger partial charge in [0.15, 0.2) is 0 Å². The molecule has 0 spiro atoms. The monoisotopic (exact) mass is 346 g/mol. The van der Waals surface area contributed by atoms with E-state index in [0.717, 1.165) is 15.8 Å². The molecule has 26 heavy (non-hydrogen) atoms. The second kappa shape index (κ2) is 6.00. The maximum Gasteiger partial charge on any atom is 0.335 e. The number of barbiturate groups is 1.